The molecule has 0 saturated heterocycles. The minimum Gasteiger partial charge on any atom is -0.449 e. The number of carbonyl (C=O) groups excluding carboxylic acids is 2. The van der Waals surface area contributed by atoms with Gasteiger partial charge in [0.25, 0.3) is 5.91 Å². The molecule has 6 heteroatoms. The molecule has 0 radical (unpaired) electrons. The first-order chi connectivity index (χ1) is 11.9. The number of ether oxygens (including phenoxy) is 1. The van der Waals surface area contributed by atoms with Crippen LogP contribution in [0.15, 0.2) is 30.3 Å². The van der Waals surface area contributed by atoms with E-state index in [2.05, 4.69) is 9.88 Å². The highest BCUT2D eigenvalue weighted by Gasteiger charge is 2.29. The Balaban J connectivity index is 1.67. The molecule has 1 aliphatic carbocycles. The molecular weight excluding hydrogens is 323 g/mol. The molecule has 0 unspecified atom stereocenters. The molecule has 1 fully saturated rings. The summed E-state index contributed by atoms with van der Waals surface area (Å²) in [5.41, 5.74) is 2.39. The molecule has 1 N–H and O–H groups in total. The first kappa shape index (κ1) is 17.2. The number of hydrogen-bond donors (Lipinski definition) is 1. The average molecular weight is 344 g/mol. The van der Waals surface area contributed by atoms with E-state index in [0.29, 0.717) is 11.6 Å². The fourth-order valence-electron chi connectivity index (χ4n) is 2.95. The first-order valence-corrected chi connectivity index (χ1v) is 8.33. The topological polar surface area (TPSA) is 60.3 Å². The lowest BCUT2D eigenvalue weighted by molar-refractivity contribution is -0.123. The molecule has 1 amide bonds. The Kier molecular flexibility index (Phi) is 4.61. The number of aryl methyl sites for hydroxylation is 1. The van der Waals surface area contributed by atoms with E-state index in [0.717, 1.165) is 24.2 Å². The number of nitrogens with zero attached hydrogens (tertiary/aromatic N) is 1. The molecule has 132 valence electrons. The van der Waals surface area contributed by atoms with Gasteiger partial charge in [-0.3, -0.25) is 4.79 Å². The molecular formula is C19H21FN2O3. The van der Waals surface area contributed by atoms with Crippen LogP contribution in [-0.2, 0) is 9.53 Å². The Labute approximate surface area is 145 Å². The number of esters is 1. The molecule has 0 bridgehead atoms. The number of nitrogens with one attached hydrogen (secondary N) is 1. The summed E-state index contributed by atoms with van der Waals surface area (Å²) in [5, 5.41) is 2.43. The van der Waals surface area contributed by atoms with Crippen molar-refractivity contribution in [2.24, 2.45) is 0 Å². The predicted octanol–water partition coefficient (Wildman–Crippen LogP) is 3.76. The van der Waals surface area contributed by atoms with E-state index in [1.165, 1.54) is 25.1 Å². The third-order valence-electron chi connectivity index (χ3n) is 4.40. The number of aromatic nitrogens is 1. The van der Waals surface area contributed by atoms with Crippen molar-refractivity contribution in [2.45, 2.75) is 45.8 Å². The quantitative estimate of drug-likeness (QED) is 0.840. The van der Waals surface area contributed by atoms with Gasteiger partial charge >= 0.3 is 5.97 Å². The molecule has 25 heavy (non-hydrogen) atoms. The number of anilines is 1. The Morgan fingerprint density at radius 2 is 1.96 bits per heavy atom. The van der Waals surface area contributed by atoms with Crippen LogP contribution in [0.5, 0.6) is 0 Å². The smallest absolute Gasteiger partial charge is 0.340 e. The van der Waals surface area contributed by atoms with Crippen LogP contribution in [0.4, 0.5) is 10.1 Å². The Morgan fingerprint density at radius 1 is 1.28 bits per heavy atom. The number of carbonyl (C=O) groups is 2. The van der Waals surface area contributed by atoms with Crippen LogP contribution in [-0.4, -0.2) is 22.5 Å². The monoisotopic (exact) mass is 344 g/mol. The molecule has 1 aliphatic rings. The molecule has 1 aromatic carbocycles. The number of amides is 1. The molecule has 1 saturated carbocycles. The summed E-state index contributed by atoms with van der Waals surface area (Å²) < 4.78 is 21.0. The molecule has 0 aliphatic heterocycles. The number of benzene rings is 1. The minimum atomic E-state index is -1.03. The van der Waals surface area contributed by atoms with Gasteiger partial charge in [0.2, 0.25) is 0 Å². The van der Waals surface area contributed by atoms with Crippen molar-refractivity contribution in [3.8, 4) is 0 Å². The molecule has 1 atom stereocenters. The molecule has 3 rings (SSSR count). The van der Waals surface area contributed by atoms with Crippen LogP contribution >= 0.6 is 0 Å². The van der Waals surface area contributed by atoms with Crippen LogP contribution in [0.3, 0.4) is 0 Å². The number of rotatable bonds is 5. The van der Waals surface area contributed by atoms with Gasteiger partial charge in [0.15, 0.2) is 6.10 Å². The lowest BCUT2D eigenvalue weighted by atomic mass is 10.2. The predicted molar refractivity (Wildman–Crippen MR) is 92.1 cm³/mol. The molecule has 1 heterocycles. The van der Waals surface area contributed by atoms with Crippen molar-refractivity contribution >= 4 is 17.6 Å². The van der Waals surface area contributed by atoms with E-state index in [-0.39, 0.29) is 5.69 Å². The Hall–Kier alpha value is -2.63. The Morgan fingerprint density at radius 3 is 2.60 bits per heavy atom. The lowest BCUT2D eigenvalue weighted by Gasteiger charge is -2.14. The van der Waals surface area contributed by atoms with Crippen molar-refractivity contribution in [2.75, 3.05) is 5.32 Å². The molecule has 0 spiro atoms. The van der Waals surface area contributed by atoms with E-state index in [1.54, 1.807) is 12.1 Å². The second-order valence-electron chi connectivity index (χ2n) is 6.40. The number of hydrogen-bond acceptors (Lipinski definition) is 3. The second-order valence-corrected chi connectivity index (χ2v) is 6.40. The van der Waals surface area contributed by atoms with Crippen LogP contribution in [0.25, 0.3) is 0 Å². The summed E-state index contributed by atoms with van der Waals surface area (Å²) in [7, 11) is 0. The normalized spacial score (nSPS) is 14.9. The van der Waals surface area contributed by atoms with Crippen molar-refractivity contribution in [1.29, 1.82) is 0 Å². The largest absolute Gasteiger partial charge is 0.449 e. The summed E-state index contributed by atoms with van der Waals surface area (Å²) in [6.45, 7) is 5.30. The Bertz CT molecular complexity index is 824. The van der Waals surface area contributed by atoms with Crippen molar-refractivity contribution in [3.05, 3.63) is 53.1 Å². The van der Waals surface area contributed by atoms with Gasteiger partial charge in [-0.15, -0.1) is 0 Å². The van der Waals surface area contributed by atoms with Gasteiger partial charge in [0.1, 0.15) is 5.82 Å². The zero-order valence-corrected chi connectivity index (χ0v) is 14.5. The summed E-state index contributed by atoms with van der Waals surface area (Å²) in [4.78, 5) is 24.6. The SMILES string of the molecule is Cc1cc(C(=O)O[C@H](C)C(=O)Nc2ccccc2F)c(C)n1C1CC1. The van der Waals surface area contributed by atoms with Crippen molar-refractivity contribution in [1.82, 2.24) is 4.57 Å². The summed E-state index contributed by atoms with van der Waals surface area (Å²) in [6, 6.07) is 8.09. The van der Waals surface area contributed by atoms with Crippen LogP contribution < -0.4 is 5.32 Å². The van der Waals surface area contributed by atoms with Gasteiger partial charge in [-0.2, -0.15) is 0 Å². The zero-order valence-electron chi connectivity index (χ0n) is 14.5. The van der Waals surface area contributed by atoms with E-state index in [9.17, 15) is 14.0 Å². The number of para-hydroxylation sites is 1. The van der Waals surface area contributed by atoms with Crippen molar-refractivity contribution in [3.63, 3.8) is 0 Å². The summed E-state index contributed by atoms with van der Waals surface area (Å²) in [6.07, 6.45) is 1.20. The van der Waals surface area contributed by atoms with Gasteiger partial charge in [-0.05, 0) is 51.8 Å². The maximum Gasteiger partial charge on any atom is 0.340 e. The molecule has 1 aromatic heterocycles. The van der Waals surface area contributed by atoms with Gasteiger partial charge in [0.05, 0.1) is 11.3 Å². The third-order valence-corrected chi connectivity index (χ3v) is 4.40. The van der Waals surface area contributed by atoms with Gasteiger partial charge < -0.3 is 14.6 Å². The zero-order chi connectivity index (χ0) is 18.1. The average Bonchev–Trinajstić information content (AvgIpc) is 3.34. The number of halogens is 1. The van der Waals surface area contributed by atoms with Gasteiger partial charge in [0, 0.05) is 17.4 Å². The highest BCUT2D eigenvalue weighted by molar-refractivity contribution is 5.97. The summed E-state index contributed by atoms with van der Waals surface area (Å²) >= 11 is 0. The van der Waals surface area contributed by atoms with E-state index < -0.39 is 23.8 Å². The van der Waals surface area contributed by atoms with Gasteiger partial charge in [-0.25, -0.2) is 9.18 Å². The lowest BCUT2D eigenvalue weighted by Crippen LogP contribution is -2.30. The third kappa shape index (κ3) is 3.57. The van der Waals surface area contributed by atoms with Crippen molar-refractivity contribution < 1.29 is 18.7 Å². The highest BCUT2D eigenvalue weighted by atomic mass is 19.1. The molecule has 2 aromatic rings. The van der Waals surface area contributed by atoms with E-state index in [1.807, 2.05) is 13.8 Å². The van der Waals surface area contributed by atoms with Crippen LogP contribution in [0.1, 0.15) is 47.6 Å². The first-order valence-electron chi connectivity index (χ1n) is 8.33. The molecule has 5 nitrogen and oxygen atoms in total. The second kappa shape index (κ2) is 6.70. The summed E-state index contributed by atoms with van der Waals surface area (Å²) in [5.74, 6) is -1.66. The van der Waals surface area contributed by atoms with Crippen LogP contribution in [0.2, 0.25) is 0 Å². The van der Waals surface area contributed by atoms with Crippen LogP contribution in [0, 0.1) is 19.7 Å². The minimum absolute atomic E-state index is 0.0577. The maximum absolute atomic E-state index is 13.6. The maximum atomic E-state index is 13.6. The standard InChI is InChI=1S/C19H21FN2O3/c1-11-10-15(12(2)22(11)14-8-9-14)19(24)25-13(3)18(23)21-17-7-5-4-6-16(17)20/h4-7,10,13-14H,8-9H2,1-3H3,(H,21,23)/t13-/m1/s1. The van der Waals surface area contributed by atoms with E-state index in [4.69, 9.17) is 4.74 Å². The fraction of sp³-hybridized carbons (Fsp3) is 0.368. The highest BCUT2D eigenvalue weighted by Crippen LogP contribution is 2.38. The fourth-order valence-corrected chi connectivity index (χ4v) is 2.95. The van der Waals surface area contributed by atoms with E-state index >= 15 is 0 Å². The van der Waals surface area contributed by atoms with Gasteiger partial charge in [-0.1, -0.05) is 12.1 Å².